The Morgan fingerprint density at radius 2 is 1.81 bits per heavy atom. The molecule has 0 saturated carbocycles. The third kappa shape index (κ3) is 4.96. The van der Waals surface area contributed by atoms with Crippen molar-refractivity contribution in [3.63, 3.8) is 0 Å². The summed E-state index contributed by atoms with van der Waals surface area (Å²) in [6.45, 7) is 8.89. The Morgan fingerprint density at radius 1 is 1.13 bits per heavy atom. The van der Waals surface area contributed by atoms with Crippen LogP contribution in [0.4, 0.5) is 0 Å². The Hall–Kier alpha value is -2.73. The molecule has 1 amide bonds. The van der Waals surface area contributed by atoms with Crippen LogP contribution in [0.2, 0.25) is 0 Å². The van der Waals surface area contributed by atoms with E-state index in [1.807, 2.05) is 39.7 Å². The van der Waals surface area contributed by atoms with E-state index in [-0.39, 0.29) is 11.9 Å². The van der Waals surface area contributed by atoms with E-state index in [4.69, 9.17) is 4.98 Å². The van der Waals surface area contributed by atoms with Crippen LogP contribution in [0.15, 0.2) is 24.3 Å². The number of aromatic nitrogens is 3. The van der Waals surface area contributed by atoms with E-state index in [9.17, 15) is 4.79 Å². The Labute approximate surface area is 185 Å². The van der Waals surface area contributed by atoms with Gasteiger partial charge in [0.25, 0.3) is 0 Å². The highest BCUT2D eigenvalue weighted by Gasteiger charge is 2.18. The average molecular weight is 422 g/mol. The van der Waals surface area contributed by atoms with Crippen molar-refractivity contribution in [1.82, 2.24) is 25.0 Å². The lowest BCUT2D eigenvalue weighted by Crippen LogP contribution is -2.34. The first-order valence-electron chi connectivity index (χ1n) is 11.0. The molecule has 166 valence electrons. The van der Waals surface area contributed by atoms with Gasteiger partial charge in [-0.15, -0.1) is 0 Å². The van der Waals surface area contributed by atoms with Crippen LogP contribution in [0.25, 0.3) is 11.0 Å². The van der Waals surface area contributed by atoms with Crippen LogP contribution in [0.1, 0.15) is 53.0 Å². The number of carbonyl (C=O) groups excluding carboxylic acids is 1. The third-order valence-electron chi connectivity index (χ3n) is 6.22. The van der Waals surface area contributed by atoms with Crippen molar-refractivity contribution in [3.8, 4) is 0 Å². The fraction of sp³-hybridized carbons (Fsp3) is 0.480. The third-order valence-corrected chi connectivity index (χ3v) is 6.22. The largest absolute Gasteiger partial charge is 0.354 e. The molecule has 6 heteroatoms. The first-order chi connectivity index (χ1) is 14.7. The summed E-state index contributed by atoms with van der Waals surface area (Å²) < 4.78 is 1.83. The number of amides is 1. The predicted molar refractivity (Wildman–Crippen MR) is 126 cm³/mol. The van der Waals surface area contributed by atoms with E-state index in [2.05, 4.69) is 53.4 Å². The number of nitrogens with one attached hydrogen (secondary N) is 1. The Kier molecular flexibility index (Phi) is 7.11. The molecule has 3 rings (SSSR count). The minimum Gasteiger partial charge on any atom is -0.354 e. The lowest BCUT2D eigenvalue weighted by atomic mass is 9.99. The van der Waals surface area contributed by atoms with E-state index in [1.165, 1.54) is 16.7 Å². The molecule has 0 spiro atoms. The van der Waals surface area contributed by atoms with Gasteiger partial charge < -0.3 is 10.2 Å². The molecule has 0 bridgehead atoms. The molecule has 0 saturated heterocycles. The van der Waals surface area contributed by atoms with Crippen LogP contribution in [-0.4, -0.2) is 46.2 Å². The summed E-state index contributed by atoms with van der Waals surface area (Å²) in [5.74, 6) is 0.0684. The summed E-state index contributed by atoms with van der Waals surface area (Å²) in [5.41, 5.74) is 7.74. The Bertz CT molecular complexity index is 1070. The van der Waals surface area contributed by atoms with Crippen molar-refractivity contribution in [2.75, 3.05) is 20.6 Å². The molecule has 1 aromatic carbocycles. The summed E-state index contributed by atoms with van der Waals surface area (Å²) in [6, 6.07) is 8.82. The van der Waals surface area contributed by atoms with Crippen LogP contribution in [0.5, 0.6) is 0 Å². The molecular formula is C25H35N5O. The normalized spacial score (nSPS) is 12.5. The van der Waals surface area contributed by atoms with Gasteiger partial charge in [0.2, 0.25) is 5.91 Å². The molecule has 0 fully saturated rings. The molecule has 0 aliphatic heterocycles. The van der Waals surface area contributed by atoms with Gasteiger partial charge in [0.05, 0.1) is 11.7 Å². The number of benzene rings is 1. The van der Waals surface area contributed by atoms with Gasteiger partial charge >= 0.3 is 0 Å². The quantitative estimate of drug-likeness (QED) is 0.601. The van der Waals surface area contributed by atoms with E-state index >= 15 is 0 Å². The maximum Gasteiger partial charge on any atom is 0.220 e. The fourth-order valence-electron chi connectivity index (χ4n) is 4.34. The van der Waals surface area contributed by atoms with Crippen LogP contribution in [0.3, 0.4) is 0 Å². The molecule has 1 atom stereocenters. The molecular weight excluding hydrogens is 386 g/mol. The maximum absolute atomic E-state index is 12.7. The highest BCUT2D eigenvalue weighted by atomic mass is 16.1. The minimum absolute atomic E-state index is 0.0684. The zero-order valence-electron chi connectivity index (χ0n) is 19.9. The second kappa shape index (κ2) is 9.60. The number of fused-ring (bicyclic) bond motifs is 1. The standard InChI is InChI=1S/C25H35N5O/c1-8-19-9-11-20(12-10-19)22(29(5)6)15-26-23(31)14-13-21-16(2)24-18(4)28-30(7)25(24)27-17(21)3/h9-12,22H,8,13-15H2,1-7H3,(H,26,31). The van der Waals surface area contributed by atoms with E-state index in [0.29, 0.717) is 19.4 Å². The Morgan fingerprint density at radius 3 is 2.42 bits per heavy atom. The molecule has 1 unspecified atom stereocenters. The van der Waals surface area contributed by atoms with Crippen molar-refractivity contribution in [2.45, 2.75) is 53.0 Å². The molecule has 1 N–H and O–H groups in total. The smallest absolute Gasteiger partial charge is 0.220 e. The van der Waals surface area contributed by atoms with E-state index < -0.39 is 0 Å². The van der Waals surface area contributed by atoms with Crippen molar-refractivity contribution in [1.29, 1.82) is 0 Å². The Balaban J connectivity index is 1.66. The van der Waals surface area contributed by atoms with Gasteiger partial charge in [-0.25, -0.2) is 4.98 Å². The van der Waals surface area contributed by atoms with E-state index in [1.54, 1.807) is 0 Å². The van der Waals surface area contributed by atoms with Crippen molar-refractivity contribution < 1.29 is 4.79 Å². The molecule has 6 nitrogen and oxygen atoms in total. The first kappa shape index (κ1) is 22.9. The maximum atomic E-state index is 12.7. The summed E-state index contributed by atoms with van der Waals surface area (Å²) in [6.07, 6.45) is 2.16. The van der Waals surface area contributed by atoms with Gasteiger partial charge in [0.15, 0.2) is 5.65 Å². The number of hydrogen-bond donors (Lipinski definition) is 1. The lowest BCUT2D eigenvalue weighted by molar-refractivity contribution is -0.121. The average Bonchev–Trinajstić information content (AvgIpc) is 3.01. The van der Waals surface area contributed by atoms with Crippen molar-refractivity contribution in [3.05, 3.63) is 57.9 Å². The minimum atomic E-state index is 0.0684. The van der Waals surface area contributed by atoms with Gasteiger partial charge in [-0.05, 0) is 70.0 Å². The summed E-state index contributed by atoms with van der Waals surface area (Å²) in [5, 5.41) is 8.74. The number of pyridine rings is 1. The summed E-state index contributed by atoms with van der Waals surface area (Å²) in [4.78, 5) is 19.6. The number of nitrogens with zero attached hydrogens (tertiary/aromatic N) is 4. The molecule has 0 aliphatic carbocycles. The second-order valence-corrected chi connectivity index (χ2v) is 8.59. The van der Waals surface area contributed by atoms with Gasteiger partial charge in [-0.1, -0.05) is 31.2 Å². The molecule has 3 aromatic rings. The van der Waals surface area contributed by atoms with Crippen LogP contribution in [-0.2, 0) is 24.7 Å². The molecule has 2 aromatic heterocycles. The molecule has 31 heavy (non-hydrogen) atoms. The van der Waals surface area contributed by atoms with Gasteiger partial charge in [0.1, 0.15) is 0 Å². The van der Waals surface area contributed by atoms with Crippen LogP contribution >= 0.6 is 0 Å². The number of likely N-dealkylation sites (N-methyl/N-ethyl adjacent to an activating group) is 1. The van der Waals surface area contributed by atoms with Gasteiger partial charge in [0, 0.05) is 31.1 Å². The number of hydrogen-bond acceptors (Lipinski definition) is 4. The molecule has 0 aliphatic rings. The van der Waals surface area contributed by atoms with Gasteiger partial charge in [-0.3, -0.25) is 9.48 Å². The van der Waals surface area contributed by atoms with Gasteiger partial charge in [-0.2, -0.15) is 5.10 Å². The fourth-order valence-corrected chi connectivity index (χ4v) is 4.34. The van der Waals surface area contributed by atoms with Crippen LogP contribution < -0.4 is 5.32 Å². The van der Waals surface area contributed by atoms with Crippen molar-refractivity contribution in [2.24, 2.45) is 7.05 Å². The number of rotatable bonds is 8. The number of aryl methyl sites for hydroxylation is 5. The molecule has 0 radical (unpaired) electrons. The van der Waals surface area contributed by atoms with E-state index in [0.717, 1.165) is 34.4 Å². The monoisotopic (exact) mass is 421 g/mol. The highest BCUT2D eigenvalue weighted by molar-refractivity contribution is 5.84. The molecule has 2 heterocycles. The first-order valence-corrected chi connectivity index (χ1v) is 11.0. The summed E-state index contributed by atoms with van der Waals surface area (Å²) in [7, 11) is 6.02. The predicted octanol–water partition coefficient (Wildman–Crippen LogP) is 3.81. The highest BCUT2D eigenvalue weighted by Crippen LogP contribution is 2.26. The topological polar surface area (TPSA) is 63.1 Å². The SMILES string of the molecule is CCc1ccc(C(CNC(=O)CCc2c(C)nc3c(c(C)nn3C)c2C)N(C)C)cc1. The number of carbonyl (C=O) groups is 1. The summed E-state index contributed by atoms with van der Waals surface area (Å²) >= 11 is 0. The van der Waals surface area contributed by atoms with Crippen molar-refractivity contribution >= 4 is 16.9 Å². The van der Waals surface area contributed by atoms with Crippen LogP contribution in [0, 0.1) is 20.8 Å². The zero-order chi connectivity index (χ0) is 22.7. The lowest BCUT2D eigenvalue weighted by Gasteiger charge is -2.25. The second-order valence-electron chi connectivity index (χ2n) is 8.59. The zero-order valence-corrected chi connectivity index (χ0v) is 19.9.